The summed E-state index contributed by atoms with van der Waals surface area (Å²) in [6, 6.07) is 8.55. The van der Waals surface area contributed by atoms with Crippen molar-refractivity contribution in [3.63, 3.8) is 0 Å². The Morgan fingerprint density at radius 3 is 2.57 bits per heavy atom. The molecule has 2 aromatic rings. The van der Waals surface area contributed by atoms with Crippen LogP contribution in [0.3, 0.4) is 0 Å². The van der Waals surface area contributed by atoms with Crippen molar-refractivity contribution in [3.05, 3.63) is 52.5 Å². The first-order chi connectivity index (χ1) is 14.6. The van der Waals surface area contributed by atoms with Crippen molar-refractivity contribution < 1.29 is 4.79 Å². The predicted molar refractivity (Wildman–Crippen MR) is 120 cm³/mol. The van der Waals surface area contributed by atoms with Gasteiger partial charge in [0.2, 0.25) is 5.91 Å². The van der Waals surface area contributed by atoms with Crippen LogP contribution in [0.2, 0.25) is 0 Å². The second kappa shape index (κ2) is 8.06. The first kappa shape index (κ1) is 20.2. The SMILES string of the molecule is CCN1CC[C@]2(CN(Cc3cccnc3)CC23CCN(Cc2cccs2)CC3)C1=O. The molecule has 1 amide bonds. The largest absolute Gasteiger partial charge is 0.342 e. The summed E-state index contributed by atoms with van der Waals surface area (Å²) < 4.78 is 0. The first-order valence-electron chi connectivity index (χ1n) is 11.3. The molecular weight excluding hydrogens is 392 g/mol. The van der Waals surface area contributed by atoms with Crippen LogP contribution in [0.15, 0.2) is 42.0 Å². The standard InChI is InChI=1S/C24H32N4OS/c1-2-28-13-9-24(22(28)29)19-27(16-20-5-3-10-25-15-20)18-23(24)7-11-26(12-8-23)17-21-6-4-14-30-21/h3-6,10,14-15H,2,7-9,11-13,16-19H2,1H3/t24-/m0/s1. The molecule has 0 radical (unpaired) electrons. The quantitative estimate of drug-likeness (QED) is 0.737. The zero-order valence-corrected chi connectivity index (χ0v) is 18.7. The molecule has 0 aliphatic carbocycles. The lowest BCUT2D eigenvalue weighted by atomic mass is 9.60. The maximum atomic E-state index is 13.6. The van der Waals surface area contributed by atoms with Crippen molar-refractivity contribution in [2.45, 2.75) is 39.3 Å². The molecule has 5 rings (SSSR count). The fourth-order valence-corrected chi connectivity index (χ4v) is 6.97. The molecular formula is C24H32N4OS. The topological polar surface area (TPSA) is 39.7 Å². The monoisotopic (exact) mass is 424 g/mol. The van der Waals surface area contributed by atoms with E-state index >= 15 is 0 Å². The Morgan fingerprint density at radius 2 is 1.90 bits per heavy atom. The number of hydrogen-bond donors (Lipinski definition) is 0. The Hall–Kier alpha value is -1.76. The third kappa shape index (κ3) is 3.39. The lowest BCUT2D eigenvalue weighted by molar-refractivity contribution is -0.142. The molecule has 3 aliphatic rings. The summed E-state index contributed by atoms with van der Waals surface area (Å²) in [5, 5.41) is 2.17. The minimum absolute atomic E-state index is 0.113. The van der Waals surface area contributed by atoms with Gasteiger partial charge in [-0.15, -0.1) is 11.3 Å². The maximum Gasteiger partial charge on any atom is 0.230 e. The Labute approximate surface area is 183 Å². The number of amides is 1. The van der Waals surface area contributed by atoms with Gasteiger partial charge in [0.25, 0.3) is 0 Å². The number of piperidine rings is 1. The molecule has 3 fully saturated rings. The van der Waals surface area contributed by atoms with E-state index in [0.29, 0.717) is 5.91 Å². The summed E-state index contributed by atoms with van der Waals surface area (Å²) in [5.74, 6) is 0.422. The third-order valence-electron chi connectivity index (χ3n) is 7.82. The van der Waals surface area contributed by atoms with Gasteiger partial charge in [0, 0.05) is 62.0 Å². The van der Waals surface area contributed by atoms with E-state index in [9.17, 15) is 4.79 Å². The molecule has 2 aromatic heterocycles. The number of aromatic nitrogens is 1. The van der Waals surface area contributed by atoms with Gasteiger partial charge in [-0.2, -0.15) is 0 Å². The molecule has 5 nitrogen and oxygen atoms in total. The van der Waals surface area contributed by atoms with Gasteiger partial charge in [0.05, 0.1) is 5.41 Å². The molecule has 0 saturated carbocycles. The molecule has 1 atom stereocenters. The van der Waals surface area contributed by atoms with Gasteiger partial charge in [-0.1, -0.05) is 12.1 Å². The second-order valence-corrected chi connectivity index (χ2v) is 10.4. The van der Waals surface area contributed by atoms with Gasteiger partial charge in [-0.25, -0.2) is 0 Å². The van der Waals surface area contributed by atoms with Crippen LogP contribution in [0.4, 0.5) is 0 Å². The molecule has 0 unspecified atom stereocenters. The Bertz CT molecular complexity index is 863. The van der Waals surface area contributed by atoms with E-state index in [-0.39, 0.29) is 10.8 Å². The van der Waals surface area contributed by atoms with E-state index in [1.807, 2.05) is 29.8 Å². The molecule has 6 heteroatoms. The summed E-state index contributed by atoms with van der Waals surface area (Å²) in [4.78, 5) is 26.6. The van der Waals surface area contributed by atoms with Crippen LogP contribution in [0, 0.1) is 10.8 Å². The minimum Gasteiger partial charge on any atom is -0.342 e. The van der Waals surface area contributed by atoms with Gasteiger partial charge in [-0.3, -0.25) is 19.6 Å². The van der Waals surface area contributed by atoms with E-state index in [1.165, 1.54) is 10.4 Å². The third-order valence-corrected chi connectivity index (χ3v) is 8.68. The zero-order valence-electron chi connectivity index (χ0n) is 17.9. The Kier molecular flexibility index (Phi) is 5.42. The number of fused-ring (bicyclic) bond motifs is 1. The fraction of sp³-hybridized carbons (Fsp3) is 0.583. The molecule has 30 heavy (non-hydrogen) atoms. The molecule has 160 valence electrons. The maximum absolute atomic E-state index is 13.6. The van der Waals surface area contributed by atoms with Gasteiger partial charge < -0.3 is 4.90 Å². The number of pyridine rings is 1. The summed E-state index contributed by atoms with van der Waals surface area (Å²) in [7, 11) is 0. The molecule has 0 bridgehead atoms. The van der Waals surface area contributed by atoms with E-state index in [1.54, 1.807) is 0 Å². The van der Waals surface area contributed by atoms with E-state index in [0.717, 1.165) is 71.6 Å². The zero-order chi connectivity index (χ0) is 20.6. The van der Waals surface area contributed by atoms with Crippen LogP contribution >= 0.6 is 11.3 Å². The van der Waals surface area contributed by atoms with Crippen molar-refractivity contribution >= 4 is 17.2 Å². The number of rotatable bonds is 5. The van der Waals surface area contributed by atoms with Crippen LogP contribution in [0.25, 0.3) is 0 Å². The average Bonchev–Trinajstić information content (AvgIpc) is 3.46. The average molecular weight is 425 g/mol. The van der Waals surface area contributed by atoms with Crippen molar-refractivity contribution in [1.82, 2.24) is 19.7 Å². The fourth-order valence-electron chi connectivity index (χ4n) is 6.22. The highest BCUT2D eigenvalue weighted by atomic mass is 32.1. The van der Waals surface area contributed by atoms with Crippen molar-refractivity contribution in [2.75, 3.05) is 39.3 Å². The van der Waals surface area contributed by atoms with E-state index in [2.05, 4.69) is 50.2 Å². The normalized spacial score (nSPS) is 27.0. The lowest BCUT2D eigenvalue weighted by Gasteiger charge is -2.47. The molecule has 3 saturated heterocycles. The van der Waals surface area contributed by atoms with Crippen molar-refractivity contribution in [1.29, 1.82) is 0 Å². The van der Waals surface area contributed by atoms with E-state index in [4.69, 9.17) is 0 Å². The van der Waals surface area contributed by atoms with Gasteiger partial charge in [0.15, 0.2) is 0 Å². The van der Waals surface area contributed by atoms with Crippen molar-refractivity contribution in [3.8, 4) is 0 Å². The molecule has 5 heterocycles. The number of thiophene rings is 1. The van der Waals surface area contributed by atoms with Gasteiger partial charge in [0.1, 0.15) is 0 Å². The van der Waals surface area contributed by atoms with Crippen LogP contribution in [0.5, 0.6) is 0 Å². The predicted octanol–water partition coefficient (Wildman–Crippen LogP) is 3.48. The second-order valence-electron chi connectivity index (χ2n) is 9.36. The summed E-state index contributed by atoms with van der Waals surface area (Å²) >= 11 is 1.85. The van der Waals surface area contributed by atoms with Crippen LogP contribution in [0.1, 0.15) is 36.6 Å². The van der Waals surface area contributed by atoms with Crippen molar-refractivity contribution in [2.24, 2.45) is 10.8 Å². The first-order valence-corrected chi connectivity index (χ1v) is 12.2. The van der Waals surface area contributed by atoms with Crippen LogP contribution in [-0.2, 0) is 17.9 Å². The number of nitrogens with zero attached hydrogens (tertiary/aromatic N) is 4. The summed E-state index contributed by atoms with van der Waals surface area (Å²) in [6.07, 6.45) is 7.08. The highest BCUT2D eigenvalue weighted by molar-refractivity contribution is 7.09. The lowest BCUT2D eigenvalue weighted by Crippen LogP contribution is -2.52. The van der Waals surface area contributed by atoms with Crippen LogP contribution in [-0.4, -0.2) is 64.9 Å². The Morgan fingerprint density at radius 1 is 1.03 bits per heavy atom. The minimum atomic E-state index is -0.194. The summed E-state index contributed by atoms with van der Waals surface area (Å²) in [5.41, 5.74) is 1.17. The molecule has 2 spiro atoms. The number of carbonyl (C=O) groups excluding carboxylic acids is 1. The number of hydrogen-bond acceptors (Lipinski definition) is 5. The van der Waals surface area contributed by atoms with Gasteiger partial charge in [-0.05, 0) is 62.4 Å². The van der Waals surface area contributed by atoms with Crippen LogP contribution < -0.4 is 0 Å². The van der Waals surface area contributed by atoms with Gasteiger partial charge >= 0.3 is 0 Å². The van der Waals surface area contributed by atoms with E-state index < -0.39 is 0 Å². The molecule has 0 aromatic carbocycles. The molecule has 3 aliphatic heterocycles. The number of likely N-dealkylation sites (tertiary alicyclic amines) is 3. The summed E-state index contributed by atoms with van der Waals surface area (Å²) in [6.45, 7) is 9.97. The molecule has 0 N–H and O–H groups in total. The number of carbonyl (C=O) groups is 1. The smallest absolute Gasteiger partial charge is 0.230 e. The highest BCUT2D eigenvalue weighted by Crippen LogP contribution is 2.58. The highest BCUT2D eigenvalue weighted by Gasteiger charge is 2.64. The Balaban J connectivity index is 1.36.